The summed E-state index contributed by atoms with van der Waals surface area (Å²) in [7, 11) is 0. The first kappa shape index (κ1) is 20.6. The highest BCUT2D eigenvalue weighted by molar-refractivity contribution is 5.98. The van der Waals surface area contributed by atoms with Crippen LogP contribution in [0.5, 0.6) is 0 Å². The molecule has 0 heterocycles. The van der Waals surface area contributed by atoms with Gasteiger partial charge in [-0.3, -0.25) is 9.59 Å². The molecule has 0 bridgehead atoms. The monoisotopic (exact) mass is 368 g/mol. The Kier molecular flexibility index (Phi) is 7.55. The Morgan fingerprint density at radius 1 is 1.04 bits per heavy atom. The van der Waals surface area contributed by atoms with Gasteiger partial charge in [0.25, 0.3) is 5.91 Å². The van der Waals surface area contributed by atoms with Crippen molar-refractivity contribution in [3.8, 4) is 0 Å². The lowest BCUT2D eigenvalue weighted by Gasteiger charge is -2.29. The predicted molar refractivity (Wildman–Crippen MR) is 106 cm³/mol. The fraction of sp³-hybridized carbons (Fsp3) is 0.364. The summed E-state index contributed by atoms with van der Waals surface area (Å²) in [5, 5.41) is 12.3. The number of carbonyl (C=O) groups excluding carboxylic acids is 2. The van der Waals surface area contributed by atoms with Crippen molar-refractivity contribution in [2.75, 3.05) is 13.2 Å². The Hall–Kier alpha value is -2.66. The topological polar surface area (TPSA) is 69.6 Å². The van der Waals surface area contributed by atoms with Crippen LogP contribution in [0.25, 0.3) is 0 Å². The Balaban J connectivity index is 2.18. The minimum atomic E-state index is -0.660. The molecule has 0 fully saturated rings. The van der Waals surface area contributed by atoms with Gasteiger partial charge in [0.05, 0.1) is 6.61 Å². The highest BCUT2D eigenvalue weighted by Gasteiger charge is 2.29. The SMILES string of the molecule is Cc1ccccc1C(=O)NC(C(=O)N(CCO)Cc1ccccc1)C(C)C. The minimum absolute atomic E-state index is 0.0811. The van der Waals surface area contributed by atoms with Crippen LogP contribution in [0.1, 0.15) is 35.3 Å². The molecule has 0 aliphatic carbocycles. The summed E-state index contributed by atoms with van der Waals surface area (Å²) < 4.78 is 0. The standard InChI is InChI=1S/C22H28N2O3/c1-16(2)20(23-21(26)19-12-8-7-9-17(19)3)22(27)24(13-14-25)15-18-10-5-4-6-11-18/h4-12,16,20,25H,13-15H2,1-3H3,(H,23,26). The lowest BCUT2D eigenvalue weighted by atomic mass is 10.0. The number of benzene rings is 2. The number of aryl methyl sites for hydroxylation is 1. The zero-order valence-electron chi connectivity index (χ0n) is 16.2. The molecule has 0 saturated carbocycles. The zero-order chi connectivity index (χ0) is 19.8. The largest absolute Gasteiger partial charge is 0.395 e. The molecule has 2 aromatic rings. The van der Waals surface area contributed by atoms with Crippen LogP contribution >= 0.6 is 0 Å². The van der Waals surface area contributed by atoms with Crippen LogP contribution in [0.2, 0.25) is 0 Å². The third-order valence-corrected chi connectivity index (χ3v) is 4.51. The van der Waals surface area contributed by atoms with Crippen LogP contribution in [-0.2, 0) is 11.3 Å². The molecule has 2 N–H and O–H groups in total. The fourth-order valence-corrected chi connectivity index (χ4v) is 2.95. The molecular formula is C22H28N2O3. The molecule has 0 radical (unpaired) electrons. The maximum Gasteiger partial charge on any atom is 0.252 e. The first-order valence-electron chi connectivity index (χ1n) is 9.24. The van der Waals surface area contributed by atoms with Crippen molar-refractivity contribution in [3.63, 3.8) is 0 Å². The molecule has 27 heavy (non-hydrogen) atoms. The van der Waals surface area contributed by atoms with Gasteiger partial charge in [-0.1, -0.05) is 62.4 Å². The lowest BCUT2D eigenvalue weighted by Crippen LogP contribution is -2.51. The van der Waals surface area contributed by atoms with E-state index in [1.807, 2.05) is 69.3 Å². The Morgan fingerprint density at radius 3 is 2.26 bits per heavy atom. The summed E-state index contributed by atoms with van der Waals surface area (Å²) in [6, 6.07) is 16.3. The quantitative estimate of drug-likeness (QED) is 0.753. The average molecular weight is 368 g/mol. The van der Waals surface area contributed by atoms with Gasteiger partial charge in [0.2, 0.25) is 5.91 Å². The van der Waals surface area contributed by atoms with Gasteiger partial charge < -0.3 is 15.3 Å². The molecule has 0 aromatic heterocycles. The molecular weight excluding hydrogens is 340 g/mol. The summed E-state index contributed by atoms with van der Waals surface area (Å²) >= 11 is 0. The maximum atomic E-state index is 13.1. The van der Waals surface area contributed by atoms with Crippen molar-refractivity contribution in [1.29, 1.82) is 0 Å². The number of nitrogens with one attached hydrogen (secondary N) is 1. The number of aliphatic hydroxyl groups excluding tert-OH is 1. The molecule has 5 nitrogen and oxygen atoms in total. The van der Waals surface area contributed by atoms with E-state index >= 15 is 0 Å². The lowest BCUT2D eigenvalue weighted by molar-refractivity contribution is -0.135. The second-order valence-corrected chi connectivity index (χ2v) is 6.98. The normalized spacial score (nSPS) is 11.9. The molecule has 0 aliphatic rings. The highest BCUT2D eigenvalue weighted by Crippen LogP contribution is 2.13. The molecule has 2 rings (SSSR count). The molecule has 2 aromatic carbocycles. The number of rotatable bonds is 8. The van der Waals surface area contributed by atoms with E-state index in [4.69, 9.17) is 0 Å². The zero-order valence-corrected chi connectivity index (χ0v) is 16.2. The van der Waals surface area contributed by atoms with E-state index in [-0.39, 0.29) is 30.9 Å². The van der Waals surface area contributed by atoms with Crippen LogP contribution in [-0.4, -0.2) is 41.0 Å². The number of nitrogens with zero attached hydrogens (tertiary/aromatic N) is 1. The first-order chi connectivity index (χ1) is 12.9. The Labute approximate surface area is 161 Å². The summed E-state index contributed by atoms with van der Waals surface area (Å²) in [6.45, 7) is 6.16. The van der Waals surface area contributed by atoms with E-state index in [2.05, 4.69) is 5.32 Å². The van der Waals surface area contributed by atoms with Gasteiger partial charge in [-0.2, -0.15) is 0 Å². The first-order valence-corrected chi connectivity index (χ1v) is 9.24. The van der Waals surface area contributed by atoms with Crippen LogP contribution in [0.4, 0.5) is 0 Å². The summed E-state index contributed by atoms with van der Waals surface area (Å²) in [5.41, 5.74) is 2.40. The second kappa shape index (κ2) is 9.88. The maximum absolute atomic E-state index is 13.1. The number of carbonyl (C=O) groups is 2. The molecule has 1 unspecified atom stereocenters. The van der Waals surface area contributed by atoms with Gasteiger partial charge in [0.1, 0.15) is 6.04 Å². The van der Waals surface area contributed by atoms with Crippen molar-refractivity contribution in [2.24, 2.45) is 5.92 Å². The third-order valence-electron chi connectivity index (χ3n) is 4.51. The second-order valence-electron chi connectivity index (χ2n) is 6.98. The summed E-state index contributed by atoms with van der Waals surface area (Å²) in [6.07, 6.45) is 0. The van der Waals surface area contributed by atoms with Crippen molar-refractivity contribution in [3.05, 3.63) is 71.3 Å². The number of aliphatic hydroxyl groups is 1. The van der Waals surface area contributed by atoms with Crippen molar-refractivity contribution < 1.29 is 14.7 Å². The van der Waals surface area contributed by atoms with E-state index < -0.39 is 6.04 Å². The molecule has 1 atom stereocenters. The van der Waals surface area contributed by atoms with Gasteiger partial charge in [-0.05, 0) is 30.0 Å². The molecule has 0 spiro atoms. The van der Waals surface area contributed by atoms with Crippen molar-refractivity contribution in [2.45, 2.75) is 33.4 Å². The van der Waals surface area contributed by atoms with E-state index in [0.717, 1.165) is 11.1 Å². The van der Waals surface area contributed by atoms with Crippen LogP contribution in [0.15, 0.2) is 54.6 Å². The smallest absolute Gasteiger partial charge is 0.252 e. The van der Waals surface area contributed by atoms with E-state index in [1.165, 1.54) is 0 Å². The fourth-order valence-electron chi connectivity index (χ4n) is 2.95. The van der Waals surface area contributed by atoms with Crippen LogP contribution in [0, 0.1) is 12.8 Å². The summed E-state index contributed by atoms with van der Waals surface area (Å²) in [4.78, 5) is 27.4. The van der Waals surface area contributed by atoms with Crippen molar-refractivity contribution in [1.82, 2.24) is 10.2 Å². The van der Waals surface area contributed by atoms with E-state index in [0.29, 0.717) is 12.1 Å². The van der Waals surface area contributed by atoms with Crippen LogP contribution in [0.3, 0.4) is 0 Å². The van der Waals surface area contributed by atoms with E-state index in [1.54, 1.807) is 11.0 Å². The van der Waals surface area contributed by atoms with Gasteiger partial charge in [-0.25, -0.2) is 0 Å². The van der Waals surface area contributed by atoms with Gasteiger partial charge in [0, 0.05) is 18.7 Å². The number of amides is 2. The number of hydrogen-bond donors (Lipinski definition) is 2. The molecule has 2 amide bonds. The molecule has 0 saturated heterocycles. The van der Waals surface area contributed by atoms with E-state index in [9.17, 15) is 14.7 Å². The van der Waals surface area contributed by atoms with Crippen molar-refractivity contribution >= 4 is 11.8 Å². The Bertz CT molecular complexity index is 759. The predicted octanol–water partition coefficient (Wildman–Crippen LogP) is 2.77. The average Bonchev–Trinajstić information content (AvgIpc) is 2.66. The molecule has 144 valence electrons. The third kappa shape index (κ3) is 5.66. The van der Waals surface area contributed by atoms with Gasteiger partial charge in [-0.15, -0.1) is 0 Å². The molecule has 5 heteroatoms. The summed E-state index contributed by atoms with van der Waals surface area (Å²) in [5.74, 6) is -0.531. The van der Waals surface area contributed by atoms with Gasteiger partial charge in [0.15, 0.2) is 0 Å². The number of hydrogen-bond acceptors (Lipinski definition) is 3. The molecule has 0 aliphatic heterocycles. The highest BCUT2D eigenvalue weighted by atomic mass is 16.3. The Morgan fingerprint density at radius 2 is 1.67 bits per heavy atom. The van der Waals surface area contributed by atoms with Gasteiger partial charge >= 0.3 is 0 Å². The minimum Gasteiger partial charge on any atom is -0.395 e. The van der Waals surface area contributed by atoms with Crippen LogP contribution < -0.4 is 5.32 Å².